The number of β-amino-alcohol motifs (C(OH)–C–C–N with tert-alkyl or cyclic N) is 1. The minimum absolute atomic E-state index is 0.207. The van der Waals surface area contributed by atoms with Crippen LogP contribution in [0.3, 0.4) is 0 Å². The third kappa shape index (κ3) is 2.41. The Kier molecular flexibility index (Phi) is 3.57. The zero-order chi connectivity index (χ0) is 12.5. The predicted octanol–water partition coefficient (Wildman–Crippen LogP) is 0.844. The lowest BCUT2D eigenvalue weighted by Gasteiger charge is -2.45. The fourth-order valence-corrected chi connectivity index (χ4v) is 3.89. The molecule has 1 saturated carbocycles. The molecule has 2 aliphatic heterocycles. The number of amides is 1. The van der Waals surface area contributed by atoms with Gasteiger partial charge in [-0.15, -0.1) is 0 Å². The molecular formula is C14H24N2O2. The van der Waals surface area contributed by atoms with E-state index in [2.05, 4.69) is 9.80 Å². The van der Waals surface area contributed by atoms with Gasteiger partial charge >= 0.3 is 0 Å². The molecule has 0 aromatic rings. The first-order valence-electron chi connectivity index (χ1n) is 7.44. The molecule has 0 aromatic heterocycles. The van der Waals surface area contributed by atoms with Crippen LogP contribution in [0.4, 0.5) is 0 Å². The maximum Gasteiger partial charge on any atom is 0.237 e. The van der Waals surface area contributed by atoms with Crippen LogP contribution in [0.15, 0.2) is 0 Å². The Labute approximate surface area is 109 Å². The first kappa shape index (κ1) is 12.4. The van der Waals surface area contributed by atoms with E-state index in [4.69, 9.17) is 0 Å². The molecule has 0 aromatic carbocycles. The second-order valence-electron chi connectivity index (χ2n) is 6.19. The maximum absolute atomic E-state index is 12.4. The Morgan fingerprint density at radius 3 is 2.61 bits per heavy atom. The summed E-state index contributed by atoms with van der Waals surface area (Å²) in [6, 6.07) is 0.520. The van der Waals surface area contributed by atoms with Crippen LogP contribution in [-0.4, -0.2) is 59.1 Å². The van der Waals surface area contributed by atoms with Crippen molar-refractivity contribution in [3.8, 4) is 0 Å². The summed E-state index contributed by atoms with van der Waals surface area (Å²) in [4.78, 5) is 16.6. The van der Waals surface area contributed by atoms with Crippen molar-refractivity contribution in [3.63, 3.8) is 0 Å². The van der Waals surface area contributed by atoms with Gasteiger partial charge in [0.15, 0.2) is 0 Å². The van der Waals surface area contributed by atoms with Gasteiger partial charge in [0.1, 0.15) is 0 Å². The highest BCUT2D eigenvalue weighted by atomic mass is 16.3. The summed E-state index contributed by atoms with van der Waals surface area (Å²) in [5.41, 5.74) is 0. The molecule has 2 atom stereocenters. The van der Waals surface area contributed by atoms with E-state index in [-0.39, 0.29) is 6.10 Å². The summed E-state index contributed by atoms with van der Waals surface area (Å²) in [6.45, 7) is 2.82. The molecule has 1 N–H and O–H groups in total. The van der Waals surface area contributed by atoms with Crippen LogP contribution >= 0.6 is 0 Å². The molecule has 18 heavy (non-hydrogen) atoms. The molecule has 3 aliphatic rings. The number of carbonyl (C=O) groups is 1. The quantitative estimate of drug-likeness (QED) is 0.792. The first-order chi connectivity index (χ1) is 8.74. The lowest BCUT2D eigenvalue weighted by molar-refractivity contribution is -0.141. The highest BCUT2D eigenvalue weighted by molar-refractivity contribution is 5.79. The van der Waals surface area contributed by atoms with Crippen molar-refractivity contribution in [2.45, 2.75) is 50.7 Å². The topological polar surface area (TPSA) is 43.8 Å². The third-order valence-electron chi connectivity index (χ3n) is 4.86. The van der Waals surface area contributed by atoms with E-state index in [1.165, 1.54) is 38.5 Å². The summed E-state index contributed by atoms with van der Waals surface area (Å²) in [6.07, 6.45) is 7.44. The number of carbonyl (C=O) groups excluding carboxylic acids is 1. The van der Waals surface area contributed by atoms with Gasteiger partial charge in [-0.25, -0.2) is 0 Å². The predicted molar refractivity (Wildman–Crippen MR) is 69.1 cm³/mol. The van der Waals surface area contributed by atoms with Crippen LogP contribution in [0.1, 0.15) is 38.5 Å². The van der Waals surface area contributed by atoms with E-state index >= 15 is 0 Å². The highest BCUT2D eigenvalue weighted by Gasteiger charge is 2.37. The Balaban J connectivity index is 1.57. The second-order valence-corrected chi connectivity index (χ2v) is 6.19. The van der Waals surface area contributed by atoms with Crippen LogP contribution in [-0.2, 0) is 4.79 Å². The molecule has 4 heteroatoms. The number of rotatable bonds is 2. The van der Waals surface area contributed by atoms with Crippen molar-refractivity contribution in [1.82, 2.24) is 9.80 Å². The number of aliphatic hydroxyl groups is 1. The van der Waals surface area contributed by atoms with Gasteiger partial charge in [-0.05, 0) is 31.6 Å². The lowest BCUT2D eigenvalue weighted by Crippen LogP contribution is -2.57. The van der Waals surface area contributed by atoms with Crippen molar-refractivity contribution < 1.29 is 9.90 Å². The Morgan fingerprint density at radius 2 is 1.83 bits per heavy atom. The standard InChI is InChI=1S/C14H24N2O2/c17-12-8-15(9-12)10-14(18)16-7-3-5-11-4-1-2-6-13(11)16/h11-13,17H,1-10H2. The van der Waals surface area contributed by atoms with Gasteiger partial charge in [0.2, 0.25) is 5.91 Å². The molecule has 4 nitrogen and oxygen atoms in total. The number of likely N-dealkylation sites (tertiary alicyclic amines) is 2. The number of nitrogens with zero attached hydrogens (tertiary/aromatic N) is 2. The summed E-state index contributed by atoms with van der Waals surface area (Å²) in [7, 11) is 0. The van der Waals surface area contributed by atoms with E-state index in [0.29, 0.717) is 31.6 Å². The van der Waals surface area contributed by atoms with Crippen molar-refractivity contribution >= 4 is 5.91 Å². The Hall–Kier alpha value is -0.610. The molecule has 1 aliphatic carbocycles. The highest BCUT2D eigenvalue weighted by Crippen LogP contribution is 2.35. The number of hydrogen-bond acceptors (Lipinski definition) is 3. The zero-order valence-electron chi connectivity index (χ0n) is 11.1. The van der Waals surface area contributed by atoms with Crippen molar-refractivity contribution in [2.75, 3.05) is 26.2 Å². The minimum atomic E-state index is -0.207. The Bertz CT molecular complexity index is 313. The van der Waals surface area contributed by atoms with Crippen LogP contribution in [0, 0.1) is 5.92 Å². The average Bonchev–Trinajstić information content (AvgIpc) is 2.36. The molecule has 2 unspecified atom stereocenters. The largest absolute Gasteiger partial charge is 0.390 e. The van der Waals surface area contributed by atoms with E-state index in [1.807, 2.05) is 0 Å². The molecule has 3 rings (SSSR count). The molecule has 1 amide bonds. The molecular weight excluding hydrogens is 228 g/mol. The van der Waals surface area contributed by atoms with Crippen LogP contribution < -0.4 is 0 Å². The lowest BCUT2D eigenvalue weighted by atomic mass is 9.78. The van der Waals surface area contributed by atoms with Crippen LogP contribution in [0.5, 0.6) is 0 Å². The average molecular weight is 252 g/mol. The monoisotopic (exact) mass is 252 g/mol. The van der Waals surface area contributed by atoms with Crippen molar-refractivity contribution in [3.05, 3.63) is 0 Å². The fourth-order valence-electron chi connectivity index (χ4n) is 3.89. The van der Waals surface area contributed by atoms with Gasteiger partial charge in [-0.2, -0.15) is 0 Å². The maximum atomic E-state index is 12.4. The molecule has 2 saturated heterocycles. The van der Waals surface area contributed by atoms with Crippen LogP contribution in [0.25, 0.3) is 0 Å². The van der Waals surface area contributed by atoms with Gasteiger partial charge in [0.25, 0.3) is 0 Å². The number of aliphatic hydroxyl groups excluding tert-OH is 1. The van der Waals surface area contributed by atoms with Gasteiger partial charge < -0.3 is 10.0 Å². The number of piperidine rings is 1. The normalized spacial score (nSPS) is 33.9. The Morgan fingerprint density at radius 1 is 1.11 bits per heavy atom. The number of hydrogen-bond donors (Lipinski definition) is 1. The third-order valence-corrected chi connectivity index (χ3v) is 4.86. The van der Waals surface area contributed by atoms with Gasteiger partial charge in [-0.1, -0.05) is 12.8 Å². The van der Waals surface area contributed by atoms with Crippen LogP contribution in [0.2, 0.25) is 0 Å². The smallest absolute Gasteiger partial charge is 0.237 e. The molecule has 0 spiro atoms. The van der Waals surface area contributed by atoms with Crippen molar-refractivity contribution in [1.29, 1.82) is 0 Å². The molecule has 0 radical (unpaired) electrons. The van der Waals surface area contributed by atoms with E-state index in [1.54, 1.807) is 0 Å². The van der Waals surface area contributed by atoms with Gasteiger partial charge in [-0.3, -0.25) is 9.69 Å². The summed E-state index contributed by atoms with van der Waals surface area (Å²) < 4.78 is 0. The molecule has 3 fully saturated rings. The fraction of sp³-hybridized carbons (Fsp3) is 0.929. The van der Waals surface area contributed by atoms with E-state index in [0.717, 1.165) is 12.5 Å². The van der Waals surface area contributed by atoms with E-state index in [9.17, 15) is 9.90 Å². The van der Waals surface area contributed by atoms with Crippen molar-refractivity contribution in [2.24, 2.45) is 5.92 Å². The second kappa shape index (κ2) is 5.17. The summed E-state index contributed by atoms with van der Waals surface area (Å²) in [5.74, 6) is 1.05. The SMILES string of the molecule is O=C(CN1CC(O)C1)N1CCCC2CCCCC21. The molecule has 102 valence electrons. The zero-order valence-corrected chi connectivity index (χ0v) is 11.1. The van der Waals surface area contributed by atoms with Gasteiger partial charge in [0, 0.05) is 25.7 Å². The summed E-state index contributed by atoms with van der Waals surface area (Å²) >= 11 is 0. The number of fused-ring (bicyclic) bond motifs is 1. The first-order valence-corrected chi connectivity index (χ1v) is 7.44. The van der Waals surface area contributed by atoms with Gasteiger partial charge in [0.05, 0.1) is 12.6 Å². The van der Waals surface area contributed by atoms with E-state index < -0.39 is 0 Å². The minimum Gasteiger partial charge on any atom is -0.390 e. The molecule has 2 heterocycles. The summed E-state index contributed by atoms with van der Waals surface area (Å²) in [5, 5.41) is 9.26. The molecule has 0 bridgehead atoms.